The van der Waals surface area contributed by atoms with Crippen LogP contribution in [-0.2, 0) is 21.9 Å². The largest absolute Gasteiger partial charge is 0.354 e. The number of carbonyl (C=O) groups is 2. The highest BCUT2D eigenvalue weighted by atomic mass is 32.2. The van der Waals surface area contributed by atoms with Gasteiger partial charge in [-0.05, 0) is 36.5 Å². The molecule has 0 saturated heterocycles. The van der Waals surface area contributed by atoms with Crippen LogP contribution in [0.5, 0.6) is 0 Å². The Kier molecular flexibility index (Phi) is 9.26. The molecule has 0 radical (unpaired) electrons. The topological polar surface area (TPSA) is 49.4 Å². The van der Waals surface area contributed by atoms with Crippen LogP contribution >= 0.6 is 11.8 Å². The highest BCUT2D eigenvalue weighted by molar-refractivity contribution is 7.99. The summed E-state index contributed by atoms with van der Waals surface area (Å²) in [5, 5.41) is 2.95. The lowest BCUT2D eigenvalue weighted by Gasteiger charge is -2.29. The van der Waals surface area contributed by atoms with E-state index in [2.05, 4.69) is 38.2 Å². The van der Waals surface area contributed by atoms with E-state index in [4.69, 9.17) is 0 Å². The average Bonchev–Trinajstić information content (AvgIpc) is 2.71. The fourth-order valence-corrected chi connectivity index (χ4v) is 3.90. The van der Waals surface area contributed by atoms with E-state index >= 15 is 0 Å². The second-order valence-electron chi connectivity index (χ2n) is 7.74. The van der Waals surface area contributed by atoms with E-state index in [1.165, 1.54) is 11.1 Å². The molecule has 0 fully saturated rings. The van der Waals surface area contributed by atoms with Crippen molar-refractivity contribution in [1.82, 2.24) is 10.2 Å². The molecule has 1 N–H and O–H groups in total. The Balaban J connectivity index is 2.03. The zero-order chi connectivity index (χ0) is 21.2. The fourth-order valence-electron chi connectivity index (χ4n) is 2.92. The first-order valence-electron chi connectivity index (χ1n) is 10.1. The summed E-state index contributed by atoms with van der Waals surface area (Å²) in [5.41, 5.74) is 3.49. The minimum atomic E-state index is -0.513. The van der Waals surface area contributed by atoms with Gasteiger partial charge in [0, 0.05) is 18.8 Å². The fraction of sp³-hybridized carbons (Fsp3) is 0.417. The molecule has 0 saturated carbocycles. The van der Waals surface area contributed by atoms with E-state index in [-0.39, 0.29) is 11.8 Å². The first-order valence-corrected chi connectivity index (χ1v) is 11.3. The van der Waals surface area contributed by atoms with Crippen molar-refractivity contribution in [1.29, 1.82) is 0 Å². The quantitative estimate of drug-likeness (QED) is 0.628. The third-order valence-electron chi connectivity index (χ3n) is 4.79. The summed E-state index contributed by atoms with van der Waals surface area (Å²) >= 11 is 1.59. The molecule has 2 aromatic carbocycles. The summed E-state index contributed by atoms with van der Waals surface area (Å²) in [5.74, 6) is 1.38. The number of aryl methyl sites for hydroxylation is 1. The van der Waals surface area contributed by atoms with Crippen molar-refractivity contribution in [2.45, 2.75) is 46.0 Å². The van der Waals surface area contributed by atoms with Crippen molar-refractivity contribution >= 4 is 23.6 Å². The molecule has 2 aromatic rings. The maximum absolute atomic E-state index is 13.0. The molecule has 0 aromatic heterocycles. The summed E-state index contributed by atoms with van der Waals surface area (Å²) < 4.78 is 0. The number of nitrogens with zero attached hydrogens (tertiary/aromatic N) is 1. The lowest BCUT2D eigenvalue weighted by molar-refractivity contribution is -0.138. The number of benzene rings is 2. The van der Waals surface area contributed by atoms with Crippen LogP contribution in [0.3, 0.4) is 0 Å². The average molecular weight is 413 g/mol. The lowest BCUT2D eigenvalue weighted by atomic mass is 10.1. The van der Waals surface area contributed by atoms with Gasteiger partial charge in [-0.3, -0.25) is 9.59 Å². The summed E-state index contributed by atoms with van der Waals surface area (Å²) in [6.45, 7) is 9.04. The van der Waals surface area contributed by atoms with Gasteiger partial charge in [0.1, 0.15) is 6.04 Å². The molecule has 0 aliphatic rings. The normalized spacial score (nSPS) is 11.9. The van der Waals surface area contributed by atoms with Gasteiger partial charge < -0.3 is 10.2 Å². The van der Waals surface area contributed by atoms with Crippen LogP contribution in [0.15, 0.2) is 54.6 Å². The molecule has 1 atom stereocenters. The predicted molar refractivity (Wildman–Crippen MR) is 122 cm³/mol. The zero-order valence-electron chi connectivity index (χ0n) is 17.9. The number of carbonyl (C=O) groups excluding carboxylic acids is 2. The number of hydrogen-bond donors (Lipinski definition) is 1. The van der Waals surface area contributed by atoms with E-state index in [9.17, 15) is 9.59 Å². The van der Waals surface area contributed by atoms with E-state index in [1.54, 1.807) is 16.7 Å². The second-order valence-corrected chi connectivity index (χ2v) is 8.73. The lowest BCUT2D eigenvalue weighted by Crippen LogP contribution is -2.48. The molecule has 5 heteroatoms. The first-order chi connectivity index (χ1) is 13.9. The van der Waals surface area contributed by atoms with Gasteiger partial charge >= 0.3 is 0 Å². The SMILES string of the molecule is Cc1ccccc1CSCC(=O)N(Cc1ccccc1)[C@H](C)C(=O)NCC(C)C. The molecule has 0 aliphatic carbocycles. The molecule has 0 bridgehead atoms. The minimum absolute atomic E-state index is 0.0142. The third-order valence-corrected chi connectivity index (χ3v) is 5.76. The maximum Gasteiger partial charge on any atom is 0.242 e. The van der Waals surface area contributed by atoms with Crippen LogP contribution in [0.1, 0.15) is 37.5 Å². The Morgan fingerprint density at radius 3 is 2.31 bits per heavy atom. The molecule has 2 amide bonds. The van der Waals surface area contributed by atoms with Gasteiger partial charge in [0.2, 0.25) is 11.8 Å². The van der Waals surface area contributed by atoms with Crippen LogP contribution in [-0.4, -0.2) is 35.1 Å². The van der Waals surface area contributed by atoms with Crippen molar-refractivity contribution in [3.05, 3.63) is 71.3 Å². The van der Waals surface area contributed by atoms with Crippen molar-refractivity contribution in [2.75, 3.05) is 12.3 Å². The summed E-state index contributed by atoms with van der Waals surface area (Å²) in [6.07, 6.45) is 0. The summed E-state index contributed by atoms with van der Waals surface area (Å²) in [7, 11) is 0. The van der Waals surface area contributed by atoms with Gasteiger partial charge in [-0.15, -0.1) is 11.8 Å². The van der Waals surface area contributed by atoms with E-state index in [0.717, 1.165) is 11.3 Å². The van der Waals surface area contributed by atoms with Gasteiger partial charge in [-0.1, -0.05) is 68.4 Å². The number of thioether (sulfide) groups is 1. The Morgan fingerprint density at radius 2 is 1.66 bits per heavy atom. The molecule has 4 nitrogen and oxygen atoms in total. The van der Waals surface area contributed by atoms with Gasteiger partial charge in [0.25, 0.3) is 0 Å². The van der Waals surface area contributed by atoms with E-state index < -0.39 is 6.04 Å². The van der Waals surface area contributed by atoms with Crippen LogP contribution < -0.4 is 5.32 Å². The molecular formula is C24H32N2O2S. The smallest absolute Gasteiger partial charge is 0.242 e. The second kappa shape index (κ2) is 11.7. The van der Waals surface area contributed by atoms with Crippen molar-refractivity contribution in [2.24, 2.45) is 5.92 Å². The van der Waals surface area contributed by atoms with Crippen LogP contribution in [0.25, 0.3) is 0 Å². The van der Waals surface area contributed by atoms with Crippen molar-refractivity contribution in [3.8, 4) is 0 Å². The first kappa shape index (κ1) is 23.0. The molecule has 156 valence electrons. The third kappa shape index (κ3) is 7.58. The van der Waals surface area contributed by atoms with E-state index in [0.29, 0.717) is 24.8 Å². The van der Waals surface area contributed by atoms with Gasteiger partial charge in [0.15, 0.2) is 0 Å². The Bertz CT molecular complexity index is 792. The van der Waals surface area contributed by atoms with Gasteiger partial charge in [-0.25, -0.2) is 0 Å². The standard InChI is InChI=1S/C24H32N2O2S/c1-18(2)14-25-24(28)20(4)26(15-21-11-6-5-7-12-21)23(27)17-29-16-22-13-9-8-10-19(22)3/h5-13,18,20H,14-17H2,1-4H3,(H,25,28)/t20-/m1/s1. The molecule has 29 heavy (non-hydrogen) atoms. The Labute approximate surface area is 179 Å². The minimum Gasteiger partial charge on any atom is -0.354 e. The number of hydrogen-bond acceptors (Lipinski definition) is 3. The van der Waals surface area contributed by atoms with Crippen molar-refractivity contribution in [3.63, 3.8) is 0 Å². The molecule has 0 spiro atoms. The molecular weight excluding hydrogens is 380 g/mol. The highest BCUT2D eigenvalue weighted by Crippen LogP contribution is 2.18. The zero-order valence-corrected chi connectivity index (χ0v) is 18.7. The number of rotatable bonds is 10. The molecule has 2 rings (SSSR count). The van der Waals surface area contributed by atoms with Crippen LogP contribution in [0.4, 0.5) is 0 Å². The van der Waals surface area contributed by atoms with Crippen LogP contribution in [0.2, 0.25) is 0 Å². The van der Waals surface area contributed by atoms with Gasteiger partial charge in [-0.2, -0.15) is 0 Å². The number of nitrogens with one attached hydrogen (secondary N) is 1. The monoisotopic (exact) mass is 412 g/mol. The number of amides is 2. The Morgan fingerprint density at radius 1 is 1.00 bits per heavy atom. The highest BCUT2D eigenvalue weighted by Gasteiger charge is 2.26. The summed E-state index contributed by atoms with van der Waals surface area (Å²) in [6, 6.07) is 17.5. The van der Waals surface area contributed by atoms with Crippen LogP contribution in [0, 0.1) is 12.8 Å². The predicted octanol–water partition coefficient (Wildman–Crippen LogP) is 4.42. The Hall–Kier alpha value is -2.27. The summed E-state index contributed by atoms with van der Waals surface area (Å²) in [4.78, 5) is 27.3. The van der Waals surface area contributed by atoms with Crippen molar-refractivity contribution < 1.29 is 9.59 Å². The van der Waals surface area contributed by atoms with E-state index in [1.807, 2.05) is 49.4 Å². The van der Waals surface area contributed by atoms with Gasteiger partial charge in [0.05, 0.1) is 5.75 Å². The molecule has 0 unspecified atom stereocenters. The maximum atomic E-state index is 13.0. The molecule has 0 aliphatic heterocycles. The molecule has 0 heterocycles.